The molecule has 31 heavy (non-hydrogen) atoms. The lowest BCUT2D eigenvalue weighted by Crippen LogP contribution is -2.37. The minimum atomic E-state index is 0.0869. The third-order valence-corrected chi connectivity index (χ3v) is 5.76. The van der Waals surface area contributed by atoms with Crippen LogP contribution >= 0.6 is 0 Å². The van der Waals surface area contributed by atoms with E-state index in [-0.39, 0.29) is 5.91 Å². The van der Waals surface area contributed by atoms with Crippen molar-refractivity contribution in [3.8, 4) is 11.5 Å². The van der Waals surface area contributed by atoms with Gasteiger partial charge >= 0.3 is 0 Å². The van der Waals surface area contributed by atoms with Gasteiger partial charge in [0, 0.05) is 37.7 Å². The monoisotopic (exact) mass is 426 g/mol. The molecule has 1 N–H and O–H groups in total. The van der Waals surface area contributed by atoms with Crippen LogP contribution in [0.5, 0.6) is 11.5 Å². The zero-order chi connectivity index (χ0) is 22.1. The Labute approximate surface area is 185 Å². The molecule has 1 aromatic carbocycles. The first-order chi connectivity index (χ1) is 15.1. The molecule has 0 bridgehead atoms. The van der Waals surface area contributed by atoms with Gasteiger partial charge < -0.3 is 19.2 Å². The van der Waals surface area contributed by atoms with Crippen LogP contribution in [0.3, 0.4) is 0 Å². The molecule has 1 atom stereocenters. The molecule has 0 saturated carbocycles. The SMILES string of the molecule is COc1ccc(CNC(=O)CCC2CCCN(C/C(C)=C/c3ccco3)C2)c(OC)c1. The van der Waals surface area contributed by atoms with Crippen molar-refractivity contribution in [2.24, 2.45) is 5.92 Å². The molecule has 1 fully saturated rings. The van der Waals surface area contributed by atoms with Crippen molar-refractivity contribution < 1.29 is 18.7 Å². The Hall–Kier alpha value is -2.73. The number of hydrogen-bond acceptors (Lipinski definition) is 5. The second-order valence-electron chi connectivity index (χ2n) is 8.24. The molecule has 1 unspecified atom stereocenters. The maximum atomic E-state index is 12.4. The molecule has 1 amide bonds. The molecule has 6 nitrogen and oxygen atoms in total. The van der Waals surface area contributed by atoms with Crippen LogP contribution in [0.15, 0.2) is 46.6 Å². The Kier molecular flexibility index (Phi) is 8.59. The smallest absolute Gasteiger partial charge is 0.220 e. The normalized spacial score (nSPS) is 17.4. The summed E-state index contributed by atoms with van der Waals surface area (Å²) >= 11 is 0. The Bertz CT molecular complexity index is 860. The van der Waals surface area contributed by atoms with Crippen molar-refractivity contribution in [2.75, 3.05) is 33.9 Å². The van der Waals surface area contributed by atoms with Gasteiger partial charge in [-0.05, 0) is 69.0 Å². The molecule has 0 radical (unpaired) electrons. The number of nitrogens with zero attached hydrogens (tertiary/aromatic N) is 1. The maximum absolute atomic E-state index is 12.4. The number of benzene rings is 1. The van der Waals surface area contributed by atoms with Crippen molar-refractivity contribution in [3.05, 3.63) is 53.5 Å². The summed E-state index contributed by atoms with van der Waals surface area (Å²) in [7, 11) is 3.25. The third kappa shape index (κ3) is 7.17. The zero-order valence-corrected chi connectivity index (χ0v) is 18.9. The first kappa shape index (κ1) is 22.9. The first-order valence-corrected chi connectivity index (χ1v) is 11.0. The van der Waals surface area contributed by atoms with Crippen molar-refractivity contribution in [1.29, 1.82) is 0 Å². The van der Waals surface area contributed by atoms with Gasteiger partial charge in [-0.25, -0.2) is 0 Å². The second-order valence-corrected chi connectivity index (χ2v) is 8.24. The Balaban J connectivity index is 1.41. The van der Waals surface area contributed by atoms with Gasteiger partial charge in [0.1, 0.15) is 17.3 Å². The fraction of sp³-hybridized carbons (Fsp3) is 0.480. The van der Waals surface area contributed by atoms with Crippen LogP contribution in [-0.2, 0) is 11.3 Å². The van der Waals surface area contributed by atoms with Gasteiger partial charge in [0.15, 0.2) is 0 Å². The molecule has 2 aromatic rings. The predicted molar refractivity (Wildman–Crippen MR) is 122 cm³/mol. The number of hydrogen-bond donors (Lipinski definition) is 1. The number of amides is 1. The summed E-state index contributed by atoms with van der Waals surface area (Å²) in [6.45, 7) is 5.71. The van der Waals surface area contributed by atoms with Crippen LogP contribution in [-0.4, -0.2) is 44.7 Å². The third-order valence-electron chi connectivity index (χ3n) is 5.76. The highest BCUT2D eigenvalue weighted by atomic mass is 16.5. The molecule has 1 aliphatic heterocycles. The highest BCUT2D eigenvalue weighted by Crippen LogP contribution is 2.25. The number of likely N-dealkylation sites (tertiary alicyclic amines) is 1. The fourth-order valence-corrected chi connectivity index (χ4v) is 4.16. The number of ether oxygens (including phenoxy) is 2. The van der Waals surface area contributed by atoms with Crippen LogP contribution in [0.4, 0.5) is 0 Å². The Morgan fingerprint density at radius 3 is 2.90 bits per heavy atom. The maximum Gasteiger partial charge on any atom is 0.220 e. The molecule has 0 spiro atoms. The van der Waals surface area contributed by atoms with Gasteiger partial charge in [-0.1, -0.05) is 5.57 Å². The Morgan fingerprint density at radius 1 is 1.29 bits per heavy atom. The standard InChI is InChI=1S/C25H34N2O4/c1-19(14-23-7-5-13-31-23)17-27-12-4-6-20(18-27)8-11-25(28)26-16-21-9-10-22(29-2)15-24(21)30-3/h5,7,9-10,13-15,20H,4,6,8,11-12,16-18H2,1-3H3,(H,26,28)/b19-14+. The molecule has 2 heterocycles. The van der Waals surface area contributed by atoms with E-state index in [9.17, 15) is 4.79 Å². The summed E-state index contributed by atoms with van der Waals surface area (Å²) in [6, 6.07) is 9.52. The van der Waals surface area contributed by atoms with Gasteiger partial charge in [-0.2, -0.15) is 0 Å². The van der Waals surface area contributed by atoms with Gasteiger partial charge in [-0.15, -0.1) is 0 Å². The van der Waals surface area contributed by atoms with Crippen molar-refractivity contribution in [2.45, 2.75) is 39.2 Å². The molecule has 1 saturated heterocycles. The lowest BCUT2D eigenvalue weighted by molar-refractivity contribution is -0.121. The molecule has 168 valence electrons. The van der Waals surface area contributed by atoms with E-state index >= 15 is 0 Å². The van der Waals surface area contributed by atoms with Crippen LogP contribution in [0, 0.1) is 5.92 Å². The van der Waals surface area contributed by atoms with E-state index in [0.29, 0.717) is 18.9 Å². The second kappa shape index (κ2) is 11.6. The van der Waals surface area contributed by atoms with Crippen LogP contribution in [0.1, 0.15) is 43.9 Å². The summed E-state index contributed by atoms with van der Waals surface area (Å²) in [6.07, 6.45) is 7.65. The molecule has 1 aromatic heterocycles. The van der Waals surface area contributed by atoms with Gasteiger partial charge in [-0.3, -0.25) is 9.69 Å². The van der Waals surface area contributed by atoms with E-state index in [2.05, 4.69) is 23.2 Å². The topological polar surface area (TPSA) is 63.9 Å². The summed E-state index contributed by atoms with van der Waals surface area (Å²) in [5, 5.41) is 3.03. The highest BCUT2D eigenvalue weighted by Gasteiger charge is 2.21. The minimum Gasteiger partial charge on any atom is -0.497 e. The van der Waals surface area contributed by atoms with Crippen molar-refractivity contribution in [1.82, 2.24) is 10.2 Å². The molecule has 6 heteroatoms. The molecular weight excluding hydrogens is 392 g/mol. The highest BCUT2D eigenvalue weighted by molar-refractivity contribution is 5.75. The summed E-state index contributed by atoms with van der Waals surface area (Å²) < 4.78 is 16.0. The van der Waals surface area contributed by atoms with E-state index in [1.807, 2.05) is 30.3 Å². The Morgan fingerprint density at radius 2 is 2.16 bits per heavy atom. The van der Waals surface area contributed by atoms with E-state index in [1.165, 1.54) is 18.4 Å². The molecule has 1 aliphatic rings. The minimum absolute atomic E-state index is 0.0869. The van der Waals surface area contributed by atoms with Crippen molar-refractivity contribution >= 4 is 12.0 Å². The number of methoxy groups -OCH3 is 2. The predicted octanol–water partition coefficient (Wildman–Crippen LogP) is 4.51. The van der Waals surface area contributed by atoms with Crippen LogP contribution in [0.2, 0.25) is 0 Å². The molecule has 3 rings (SSSR count). The lowest BCUT2D eigenvalue weighted by atomic mass is 9.93. The van der Waals surface area contributed by atoms with E-state index < -0.39 is 0 Å². The summed E-state index contributed by atoms with van der Waals surface area (Å²) in [5.74, 6) is 3.01. The van der Waals surface area contributed by atoms with Crippen molar-refractivity contribution in [3.63, 3.8) is 0 Å². The van der Waals surface area contributed by atoms with E-state index in [0.717, 1.165) is 48.9 Å². The number of furan rings is 1. The van der Waals surface area contributed by atoms with Gasteiger partial charge in [0.25, 0.3) is 0 Å². The van der Waals surface area contributed by atoms with Gasteiger partial charge in [0.05, 0.1) is 20.5 Å². The van der Waals surface area contributed by atoms with Crippen LogP contribution < -0.4 is 14.8 Å². The molecular formula is C25H34N2O4. The zero-order valence-electron chi connectivity index (χ0n) is 18.9. The number of nitrogens with one attached hydrogen (secondary N) is 1. The average molecular weight is 427 g/mol. The van der Waals surface area contributed by atoms with Gasteiger partial charge in [0.2, 0.25) is 5.91 Å². The fourth-order valence-electron chi connectivity index (χ4n) is 4.16. The van der Waals surface area contributed by atoms with E-state index in [1.54, 1.807) is 20.5 Å². The number of carbonyl (C=O) groups is 1. The van der Waals surface area contributed by atoms with E-state index in [4.69, 9.17) is 13.9 Å². The number of piperidine rings is 1. The summed E-state index contributed by atoms with van der Waals surface area (Å²) in [5.41, 5.74) is 2.24. The average Bonchev–Trinajstić information content (AvgIpc) is 3.29. The number of carbonyl (C=O) groups excluding carboxylic acids is 1. The summed E-state index contributed by atoms with van der Waals surface area (Å²) in [4.78, 5) is 14.9. The number of rotatable bonds is 10. The quantitative estimate of drug-likeness (QED) is 0.606. The molecule has 0 aliphatic carbocycles. The lowest BCUT2D eigenvalue weighted by Gasteiger charge is -2.33. The van der Waals surface area contributed by atoms with Crippen LogP contribution in [0.25, 0.3) is 6.08 Å². The first-order valence-electron chi connectivity index (χ1n) is 11.0. The largest absolute Gasteiger partial charge is 0.497 e.